The first-order valence-corrected chi connectivity index (χ1v) is 7.45. The molecule has 1 unspecified atom stereocenters. The van der Waals surface area contributed by atoms with Gasteiger partial charge in [0.25, 0.3) is 0 Å². The largest absolute Gasteiger partial charge is 0.313 e. The molecule has 2 aromatic rings. The van der Waals surface area contributed by atoms with Crippen LogP contribution in [0.3, 0.4) is 0 Å². The third-order valence-corrected chi connectivity index (χ3v) is 4.35. The van der Waals surface area contributed by atoms with Crippen LogP contribution in [0.25, 0.3) is 0 Å². The zero-order valence-electron chi connectivity index (χ0n) is 11.1. The first-order valence-electron chi connectivity index (χ1n) is 6.28. The predicted octanol–water partition coefficient (Wildman–Crippen LogP) is 4.91. The molecule has 2 aromatic carbocycles. The molecule has 0 amide bonds. The Morgan fingerprint density at radius 3 is 2.58 bits per heavy atom. The summed E-state index contributed by atoms with van der Waals surface area (Å²) in [6.45, 7) is 2.10. The molecule has 2 rings (SSSR count). The molecule has 0 aliphatic rings. The fraction of sp³-hybridized carbons (Fsp3) is 0.250. The van der Waals surface area contributed by atoms with Crippen LogP contribution in [-0.2, 0) is 6.42 Å². The van der Waals surface area contributed by atoms with E-state index in [0.29, 0.717) is 0 Å². The minimum atomic E-state index is 0.288. The van der Waals surface area contributed by atoms with Gasteiger partial charge in [-0.05, 0) is 55.3 Å². The van der Waals surface area contributed by atoms with Gasteiger partial charge in [-0.2, -0.15) is 0 Å². The number of likely N-dealkylation sites (N-methyl/N-ethyl adjacent to an activating group) is 1. The normalized spacial score (nSPS) is 12.4. The van der Waals surface area contributed by atoms with Gasteiger partial charge in [0.1, 0.15) is 0 Å². The van der Waals surface area contributed by atoms with Crippen LogP contribution in [0.15, 0.2) is 46.9 Å². The van der Waals surface area contributed by atoms with Crippen LogP contribution in [0.4, 0.5) is 0 Å². The van der Waals surface area contributed by atoms with E-state index in [1.807, 2.05) is 25.2 Å². The highest BCUT2D eigenvalue weighted by Crippen LogP contribution is 2.26. The van der Waals surface area contributed by atoms with Crippen LogP contribution < -0.4 is 5.32 Å². The zero-order chi connectivity index (χ0) is 13.8. The predicted molar refractivity (Wildman–Crippen MR) is 85.8 cm³/mol. The van der Waals surface area contributed by atoms with Crippen LogP contribution >= 0.6 is 27.5 Å². The van der Waals surface area contributed by atoms with Gasteiger partial charge in [0.15, 0.2) is 0 Å². The van der Waals surface area contributed by atoms with Crippen LogP contribution in [0.5, 0.6) is 0 Å². The maximum absolute atomic E-state index is 6.02. The molecule has 1 nitrogen and oxygen atoms in total. The summed E-state index contributed by atoms with van der Waals surface area (Å²) >= 11 is 9.63. The molecule has 1 N–H and O–H groups in total. The molecule has 0 spiro atoms. The molecule has 0 saturated heterocycles. The molecule has 1 atom stereocenters. The van der Waals surface area contributed by atoms with Gasteiger partial charge in [0.05, 0.1) is 0 Å². The standard InChI is InChI=1S/C16H17BrClN/c1-11-9-13(18)7-8-14(11)16(19-2)10-12-5-3-4-6-15(12)17/h3-9,16,19H,10H2,1-2H3. The molecule has 0 bridgehead atoms. The van der Waals surface area contributed by atoms with Crippen molar-refractivity contribution in [3.05, 3.63) is 68.7 Å². The summed E-state index contributed by atoms with van der Waals surface area (Å²) in [6, 6.07) is 14.7. The van der Waals surface area contributed by atoms with E-state index >= 15 is 0 Å². The van der Waals surface area contributed by atoms with Gasteiger partial charge in [-0.25, -0.2) is 0 Å². The lowest BCUT2D eigenvalue weighted by molar-refractivity contribution is 0.588. The Balaban J connectivity index is 2.28. The molecule has 3 heteroatoms. The quantitative estimate of drug-likeness (QED) is 0.835. The minimum Gasteiger partial charge on any atom is -0.313 e. The maximum Gasteiger partial charge on any atom is 0.0408 e. The third kappa shape index (κ3) is 3.59. The van der Waals surface area contributed by atoms with Crippen molar-refractivity contribution in [1.82, 2.24) is 5.32 Å². The maximum atomic E-state index is 6.02. The lowest BCUT2D eigenvalue weighted by Gasteiger charge is -2.20. The van der Waals surface area contributed by atoms with E-state index in [0.717, 1.165) is 15.9 Å². The van der Waals surface area contributed by atoms with Crippen molar-refractivity contribution < 1.29 is 0 Å². The molecule has 0 radical (unpaired) electrons. The number of hydrogen-bond acceptors (Lipinski definition) is 1. The van der Waals surface area contributed by atoms with Gasteiger partial charge in [-0.15, -0.1) is 0 Å². The Morgan fingerprint density at radius 2 is 1.95 bits per heavy atom. The number of nitrogens with one attached hydrogen (secondary N) is 1. The first-order chi connectivity index (χ1) is 9.11. The highest BCUT2D eigenvalue weighted by molar-refractivity contribution is 9.10. The van der Waals surface area contributed by atoms with Crippen LogP contribution in [0, 0.1) is 6.92 Å². The summed E-state index contributed by atoms with van der Waals surface area (Å²) in [5.74, 6) is 0. The van der Waals surface area contributed by atoms with E-state index in [2.05, 4.69) is 52.4 Å². The summed E-state index contributed by atoms with van der Waals surface area (Å²) in [7, 11) is 2.00. The Morgan fingerprint density at radius 1 is 1.21 bits per heavy atom. The fourth-order valence-corrected chi connectivity index (χ4v) is 2.95. The molecule has 0 aliphatic heterocycles. The van der Waals surface area contributed by atoms with E-state index in [1.165, 1.54) is 16.7 Å². The monoisotopic (exact) mass is 337 g/mol. The fourth-order valence-electron chi connectivity index (χ4n) is 2.28. The molecule has 0 aliphatic carbocycles. The smallest absolute Gasteiger partial charge is 0.0408 e. The summed E-state index contributed by atoms with van der Waals surface area (Å²) in [5.41, 5.74) is 3.82. The second kappa shape index (κ2) is 6.56. The van der Waals surface area contributed by atoms with E-state index < -0.39 is 0 Å². The van der Waals surface area contributed by atoms with Crippen LogP contribution in [0.2, 0.25) is 5.02 Å². The van der Waals surface area contributed by atoms with Gasteiger partial charge in [0, 0.05) is 15.5 Å². The Labute approximate surface area is 128 Å². The molecule has 100 valence electrons. The van der Waals surface area contributed by atoms with E-state index in [9.17, 15) is 0 Å². The number of benzene rings is 2. The van der Waals surface area contributed by atoms with Gasteiger partial charge in [0.2, 0.25) is 0 Å². The van der Waals surface area contributed by atoms with Gasteiger partial charge in [-0.1, -0.05) is 51.8 Å². The number of halogens is 2. The molecule has 0 saturated carbocycles. The summed E-state index contributed by atoms with van der Waals surface area (Å²) in [6.07, 6.45) is 0.945. The number of aryl methyl sites for hydroxylation is 1. The molecule has 0 aromatic heterocycles. The van der Waals surface area contributed by atoms with E-state index in [-0.39, 0.29) is 6.04 Å². The van der Waals surface area contributed by atoms with Crippen molar-refractivity contribution in [3.8, 4) is 0 Å². The zero-order valence-corrected chi connectivity index (χ0v) is 13.4. The molecule has 0 fully saturated rings. The Kier molecular flexibility index (Phi) is 5.03. The number of rotatable bonds is 4. The van der Waals surface area contributed by atoms with Crippen LogP contribution in [0.1, 0.15) is 22.7 Å². The highest BCUT2D eigenvalue weighted by Gasteiger charge is 2.14. The van der Waals surface area contributed by atoms with Gasteiger partial charge >= 0.3 is 0 Å². The highest BCUT2D eigenvalue weighted by atomic mass is 79.9. The third-order valence-electron chi connectivity index (χ3n) is 3.34. The average molecular weight is 339 g/mol. The lowest BCUT2D eigenvalue weighted by Crippen LogP contribution is -2.20. The second-order valence-corrected chi connectivity index (χ2v) is 5.93. The van der Waals surface area contributed by atoms with Crippen molar-refractivity contribution in [2.45, 2.75) is 19.4 Å². The topological polar surface area (TPSA) is 12.0 Å². The summed E-state index contributed by atoms with van der Waals surface area (Å²) in [4.78, 5) is 0. The second-order valence-electron chi connectivity index (χ2n) is 4.64. The first kappa shape index (κ1) is 14.6. The van der Waals surface area contributed by atoms with E-state index in [1.54, 1.807) is 0 Å². The molecule has 19 heavy (non-hydrogen) atoms. The van der Waals surface area contributed by atoms with Crippen molar-refractivity contribution in [3.63, 3.8) is 0 Å². The lowest BCUT2D eigenvalue weighted by atomic mass is 9.95. The Hall–Kier alpha value is -0.830. The van der Waals surface area contributed by atoms with Crippen molar-refractivity contribution in [2.75, 3.05) is 7.05 Å². The molecular formula is C16H17BrClN. The molecular weight excluding hydrogens is 322 g/mol. The van der Waals surface area contributed by atoms with Gasteiger partial charge in [-0.3, -0.25) is 0 Å². The average Bonchev–Trinajstić information content (AvgIpc) is 2.39. The van der Waals surface area contributed by atoms with Crippen molar-refractivity contribution in [1.29, 1.82) is 0 Å². The van der Waals surface area contributed by atoms with Crippen molar-refractivity contribution in [2.24, 2.45) is 0 Å². The summed E-state index contributed by atoms with van der Waals surface area (Å²) in [5, 5.41) is 4.18. The van der Waals surface area contributed by atoms with Crippen molar-refractivity contribution >= 4 is 27.5 Å². The molecule has 0 heterocycles. The minimum absolute atomic E-state index is 0.288. The SMILES string of the molecule is CNC(Cc1ccccc1Br)c1ccc(Cl)cc1C. The van der Waals surface area contributed by atoms with Gasteiger partial charge < -0.3 is 5.32 Å². The summed E-state index contributed by atoms with van der Waals surface area (Å²) < 4.78 is 1.15. The van der Waals surface area contributed by atoms with E-state index in [4.69, 9.17) is 11.6 Å². The number of hydrogen-bond donors (Lipinski definition) is 1. The van der Waals surface area contributed by atoms with Crippen LogP contribution in [-0.4, -0.2) is 7.05 Å². The Bertz CT molecular complexity index is 568.